The molecule has 7 rings (SSSR count). The summed E-state index contributed by atoms with van der Waals surface area (Å²) in [7, 11) is 0. The van der Waals surface area contributed by atoms with Gasteiger partial charge in [0, 0.05) is 54.4 Å². The lowest BCUT2D eigenvalue weighted by Gasteiger charge is -2.04. The van der Waals surface area contributed by atoms with E-state index in [1.165, 1.54) is 21.8 Å². The molecule has 0 saturated heterocycles. The first kappa shape index (κ1) is 26.7. The fourth-order valence-corrected chi connectivity index (χ4v) is 9.92. The molecule has 0 aliphatic carbocycles. The molecule has 0 radical (unpaired) electrons. The molecule has 0 aliphatic heterocycles. The maximum Gasteiger partial charge on any atom is 0.336 e. The summed E-state index contributed by atoms with van der Waals surface area (Å²) in [6.45, 7) is 0. The topological polar surface area (TPSA) is 54.4 Å². The predicted molar refractivity (Wildman–Crippen MR) is 176 cm³/mol. The Bertz CT molecular complexity index is 2090. The molecule has 0 amide bonds. The van der Waals surface area contributed by atoms with Crippen LogP contribution in [0.25, 0.3) is 39.7 Å². The number of hydrogen-bond acceptors (Lipinski definition) is 6. The number of rotatable bonds is 3. The van der Waals surface area contributed by atoms with E-state index in [2.05, 4.69) is 61.5 Å². The van der Waals surface area contributed by atoms with Crippen molar-refractivity contribution < 1.29 is 9.90 Å². The summed E-state index contributed by atoms with van der Waals surface area (Å²) in [6.07, 6.45) is 0. The van der Waals surface area contributed by atoms with Gasteiger partial charge in [-0.25, -0.2) is 4.79 Å². The van der Waals surface area contributed by atoms with E-state index in [0.29, 0.717) is 5.56 Å². The van der Waals surface area contributed by atoms with Crippen molar-refractivity contribution in [2.75, 3.05) is 0 Å². The van der Waals surface area contributed by atoms with Crippen molar-refractivity contribution in [2.45, 2.75) is 9.79 Å². The lowest BCUT2D eigenvalue weighted by Crippen LogP contribution is -1.97. The van der Waals surface area contributed by atoms with E-state index in [1.54, 1.807) is 46.1 Å². The Morgan fingerprint density at radius 1 is 0.692 bits per heavy atom. The Labute approximate surface area is 256 Å². The summed E-state index contributed by atoms with van der Waals surface area (Å²) >= 11 is 13.4. The van der Waals surface area contributed by atoms with Crippen LogP contribution in [0.1, 0.15) is 10.4 Å². The molecule has 0 unspecified atom stereocenters. The van der Waals surface area contributed by atoms with Crippen molar-refractivity contribution >= 4 is 123 Å². The number of aromatic carboxylic acids is 1. The van der Waals surface area contributed by atoms with Crippen LogP contribution >= 0.6 is 77.6 Å². The van der Waals surface area contributed by atoms with Gasteiger partial charge in [0.15, 0.2) is 0 Å². The van der Waals surface area contributed by atoms with Gasteiger partial charge in [0.05, 0.1) is 15.0 Å². The molecule has 0 spiro atoms. The zero-order valence-corrected chi connectivity index (χ0v) is 26.3. The summed E-state index contributed by atoms with van der Waals surface area (Å²) in [5.74, 6) is -0.893. The second-order valence-corrected chi connectivity index (χ2v) is 14.4. The smallest absolute Gasteiger partial charge is 0.336 e. The zero-order chi connectivity index (χ0) is 27.1. The van der Waals surface area contributed by atoms with Crippen molar-refractivity contribution in [2.24, 2.45) is 0 Å². The highest BCUT2D eigenvalue weighted by Crippen LogP contribution is 2.40. The van der Waals surface area contributed by atoms with Crippen LogP contribution in [0.15, 0.2) is 114 Å². The van der Waals surface area contributed by atoms with Gasteiger partial charge in [0.1, 0.15) is 0 Å². The van der Waals surface area contributed by atoms with Gasteiger partial charge >= 0.3 is 5.97 Å². The molecule has 3 nitrogen and oxygen atoms in total. The summed E-state index contributed by atoms with van der Waals surface area (Å²) in [5.41, 5.74) is 0.496. The molecule has 39 heavy (non-hydrogen) atoms. The molecule has 3 aromatic heterocycles. The molecule has 0 saturated carbocycles. The van der Waals surface area contributed by atoms with Gasteiger partial charge in [0.25, 0.3) is 0 Å². The van der Waals surface area contributed by atoms with Crippen LogP contribution < -0.4 is 5.43 Å². The number of carbonyl (C=O) groups is 1. The van der Waals surface area contributed by atoms with Crippen LogP contribution in [0.5, 0.6) is 0 Å². The Balaban J connectivity index is 0.000000142. The van der Waals surface area contributed by atoms with Gasteiger partial charge in [-0.15, -0.1) is 34.0 Å². The highest BCUT2D eigenvalue weighted by molar-refractivity contribution is 9.10. The van der Waals surface area contributed by atoms with Crippen LogP contribution in [-0.4, -0.2) is 11.1 Å². The van der Waals surface area contributed by atoms with Crippen LogP contribution in [-0.2, 0) is 0 Å². The van der Waals surface area contributed by atoms with Gasteiger partial charge in [-0.3, -0.25) is 4.79 Å². The van der Waals surface area contributed by atoms with E-state index in [9.17, 15) is 14.7 Å². The average Bonchev–Trinajstić information content (AvgIpc) is 3.50. The molecule has 0 bridgehead atoms. The molecule has 3 heterocycles. The first-order valence-electron chi connectivity index (χ1n) is 11.6. The number of carboxylic acid groups (broad SMARTS) is 1. The zero-order valence-electron chi connectivity index (χ0n) is 19.8. The molecule has 192 valence electrons. The molecule has 1 N–H and O–H groups in total. The number of hydrogen-bond donors (Lipinski definition) is 1. The SMILES string of the molecule is O=C(O)c1ccccc1Sc1csc2cc(Br)ccc12.O=c1c2ccccc2sc2c1sc1cc(Br)ccc12. The third-order valence-corrected chi connectivity index (χ3v) is 11.7. The van der Waals surface area contributed by atoms with Crippen molar-refractivity contribution in [1.82, 2.24) is 0 Å². The van der Waals surface area contributed by atoms with Gasteiger partial charge in [0.2, 0.25) is 5.43 Å². The maximum absolute atomic E-state index is 12.5. The fourth-order valence-electron chi connectivity index (χ4n) is 4.18. The third-order valence-electron chi connectivity index (χ3n) is 6.00. The number of benzene rings is 4. The lowest BCUT2D eigenvalue weighted by molar-refractivity contribution is 0.0693. The molecular formula is C30H16Br2O3S4. The standard InChI is InChI=1S/C15H9BrO2S2.C15H7BrOS2/c16-9-5-6-10-13(7-9)19-8-14(10)20-12-4-2-1-3-11(12)15(17)18;16-8-5-6-10-12(7-8)19-15-13(17)9-3-1-2-4-11(9)18-14(10)15/h1-8H,(H,17,18);1-7H. The molecule has 7 aromatic rings. The number of halogens is 2. The van der Waals surface area contributed by atoms with Crippen molar-refractivity contribution in [1.29, 1.82) is 0 Å². The molecule has 0 fully saturated rings. The molecule has 9 heteroatoms. The van der Waals surface area contributed by atoms with Gasteiger partial charge in [-0.2, -0.15) is 0 Å². The predicted octanol–water partition coefficient (Wildman–Crippen LogP) is 10.9. The van der Waals surface area contributed by atoms with Crippen molar-refractivity contribution in [3.8, 4) is 0 Å². The molecule has 0 atom stereocenters. The summed E-state index contributed by atoms with van der Waals surface area (Å²) in [4.78, 5) is 25.6. The minimum atomic E-state index is -0.893. The average molecular weight is 713 g/mol. The highest BCUT2D eigenvalue weighted by atomic mass is 79.9. The van der Waals surface area contributed by atoms with E-state index < -0.39 is 5.97 Å². The Kier molecular flexibility index (Phi) is 7.63. The van der Waals surface area contributed by atoms with Crippen LogP contribution in [0.2, 0.25) is 0 Å². The van der Waals surface area contributed by atoms with E-state index >= 15 is 0 Å². The first-order chi connectivity index (χ1) is 18.9. The molecular weight excluding hydrogens is 696 g/mol. The first-order valence-corrected chi connectivity index (χ1v) is 16.5. The largest absolute Gasteiger partial charge is 0.478 e. The second-order valence-electron chi connectivity index (χ2n) is 8.47. The molecule has 0 aliphatic rings. The van der Waals surface area contributed by atoms with Crippen LogP contribution in [0, 0.1) is 0 Å². The van der Waals surface area contributed by atoms with Gasteiger partial charge in [-0.05, 0) is 48.5 Å². The minimum absolute atomic E-state index is 0.154. The Hall–Kier alpha value is -2.53. The van der Waals surface area contributed by atoms with E-state index in [-0.39, 0.29) is 5.43 Å². The van der Waals surface area contributed by atoms with Crippen molar-refractivity contribution in [3.63, 3.8) is 0 Å². The third kappa shape index (κ3) is 5.31. The van der Waals surface area contributed by atoms with Crippen molar-refractivity contribution in [3.05, 3.63) is 115 Å². The van der Waals surface area contributed by atoms with E-state index in [4.69, 9.17) is 0 Å². The lowest BCUT2D eigenvalue weighted by atomic mass is 10.2. The Morgan fingerprint density at radius 3 is 2.15 bits per heavy atom. The highest BCUT2D eigenvalue weighted by Gasteiger charge is 2.14. The maximum atomic E-state index is 12.5. The summed E-state index contributed by atoms with van der Waals surface area (Å²) in [6, 6.07) is 27.2. The summed E-state index contributed by atoms with van der Waals surface area (Å²) in [5, 5.41) is 14.5. The van der Waals surface area contributed by atoms with Gasteiger partial charge < -0.3 is 5.11 Å². The normalized spacial score (nSPS) is 11.2. The molecule has 4 aromatic carbocycles. The van der Waals surface area contributed by atoms with Gasteiger partial charge in [-0.1, -0.05) is 80.0 Å². The Morgan fingerprint density at radius 2 is 1.36 bits per heavy atom. The number of carboxylic acids is 1. The number of thiophene rings is 2. The fraction of sp³-hybridized carbons (Fsp3) is 0. The van der Waals surface area contributed by atoms with Crippen LogP contribution in [0.3, 0.4) is 0 Å². The number of fused-ring (bicyclic) bond motifs is 5. The minimum Gasteiger partial charge on any atom is -0.478 e. The van der Waals surface area contributed by atoms with E-state index in [0.717, 1.165) is 48.3 Å². The van der Waals surface area contributed by atoms with Crippen LogP contribution in [0.4, 0.5) is 0 Å². The second kappa shape index (κ2) is 11.2. The van der Waals surface area contributed by atoms with E-state index in [1.807, 2.05) is 48.5 Å². The quantitative estimate of drug-likeness (QED) is 0.198. The summed E-state index contributed by atoms with van der Waals surface area (Å²) < 4.78 is 7.49. The monoisotopic (exact) mass is 710 g/mol.